The Balaban J connectivity index is 1.79. The van der Waals surface area contributed by atoms with E-state index < -0.39 is 0 Å². The summed E-state index contributed by atoms with van der Waals surface area (Å²) in [6, 6.07) is 7.98. The standard InChI is InChI=1S/C15H23N3O/c1-16-12-13-5-4-6-14(11-13)17-15(19)7-10-18-8-2-3-9-18/h4-6,11,16H,2-3,7-10,12H2,1H3,(H,17,19). The number of carbonyl (C=O) groups excluding carboxylic acids is 1. The van der Waals surface area contributed by atoms with Crippen LogP contribution in [0.2, 0.25) is 0 Å². The quantitative estimate of drug-likeness (QED) is 0.821. The highest BCUT2D eigenvalue weighted by Crippen LogP contribution is 2.12. The van der Waals surface area contributed by atoms with E-state index in [-0.39, 0.29) is 5.91 Å². The summed E-state index contributed by atoms with van der Waals surface area (Å²) in [6.45, 7) is 3.98. The number of amides is 1. The molecule has 104 valence electrons. The maximum Gasteiger partial charge on any atom is 0.225 e. The third-order valence-corrected chi connectivity index (χ3v) is 3.45. The number of hydrogen-bond acceptors (Lipinski definition) is 3. The smallest absolute Gasteiger partial charge is 0.225 e. The van der Waals surface area contributed by atoms with Crippen molar-refractivity contribution in [3.8, 4) is 0 Å². The Labute approximate surface area is 115 Å². The van der Waals surface area contributed by atoms with Crippen molar-refractivity contribution in [1.29, 1.82) is 0 Å². The molecule has 0 spiro atoms. The maximum atomic E-state index is 11.9. The van der Waals surface area contributed by atoms with Crippen LogP contribution in [0.25, 0.3) is 0 Å². The lowest BCUT2D eigenvalue weighted by atomic mass is 10.2. The molecule has 1 aromatic rings. The number of carbonyl (C=O) groups is 1. The van der Waals surface area contributed by atoms with E-state index in [1.807, 2.05) is 25.2 Å². The van der Waals surface area contributed by atoms with Gasteiger partial charge in [-0.3, -0.25) is 4.79 Å². The third kappa shape index (κ3) is 4.65. The van der Waals surface area contributed by atoms with Gasteiger partial charge in [0.05, 0.1) is 0 Å². The Kier molecular flexibility index (Phi) is 5.36. The summed E-state index contributed by atoms with van der Waals surface area (Å²) >= 11 is 0. The van der Waals surface area contributed by atoms with Crippen LogP contribution in [-0.4, -0.2) is 37.5 Å². The molecule has 0 atom stereocenters. The number of likely N-dealkylation sites (tertiary alicyclic amines) is 1. The van der Waals surface area contributed by atoms with E-state index in [1.165, 1.54) is 18.4 Å². The van der Waals surface area contributed by atoms with E-state index in [4.69, 9.17) is 0 Å². The number of anilines is 1. The van der Waals surface area contributed by atoms with Crippen molar-refractivity contribution >= 4 is 11.6 Å². The van der Waals surface area contributed by atoms with Gasteiger partial charge in [-0.25, -0.2) is 0 Å². The van der Waals surface area contributed by atoms with Crippen LogP contribution in [0.3, 0.4) is 0 Å². The molecule has 1 fully saturated rings. The van der Waals surface area contributed by atoms with Crippen LogP contribution in [0.1, 0.15) is 24.8 Å². The van der Waals surface area contributed by atoms with E-state index in [0.717, 1.165) is 31.9 Å². The highest BCUT2D eigenvalue weighted by Gasteiger charge is 2.12. The van der Waals surface area contributed by atoms with Crippen LogP contribution < -0.4 is 10.6 Å². The molecule has 1 saturated heterocycles. The van der Waals surface area contributed by atoms with Gasteiger partial charge >= 0.3 is 0 Å². The van der Waals surface area contributed by atoms with Crippen LogP contribution in [0, 0.1) is 0 Å². The third-order valence-electron chi connectivity index (χ3n) is 3.45. The fraction of sp³-hybridized carbons (Fsp3) is 0.533. The van der Waals surface area contributed by atoms with Crippen molar-refractivity contribution in [1.82, 2.24) is 10.2 Å². The zero-order chi connectivity index (χ0) is 13.5. The number of nitrogens with zero attached hydrogens (tertiary/aromatic N) is 1. The first-order valence-electron chi connectivity index (χ1n) is 7.03. The SMILES string of the molecule is CNCc1cccc(NC(=O)CCN2CCCC2)c1. The molecule has 1 aliphatic heterocycles. The van der Waals surface area contributed by atoms with Crippen LogP contribution >= 0.6 is 0 Å². The molecule has 4 nitrogen and oxygen atoms in total. The first kappa shape index (κ1) is 14.0. The fourth-order valence-electron chi connectivity index (χ4n) is 2.45. The van der Waals surface area contributed by atoms with Crippen molar-refractivity contribution in [2.24, 2.45) is 0 Å². The molecule has 1 aromatic carbocycles. The molecule has 0 radical (unpaired) electrons. The summed E-state index contributed by atoms with van der Waals surface area (Å²) < 4.78 is 0. The van der Waals surface area contributed by atoms with Gasteiger partial charge in [-0.1, -0.05) is 12.1 Å². The van der Waals surface area contributed by atoms with Crippen molar-refractivity contribution in [3.63, 3.8) is 0 Å². The molecule has 0 aliphatic carbocycles. The predicted molar refractivity (Wildman–Crippen MR) is 78.1 cm³/mol. The van der Waals surface area contributed by atoms with E-state index in [1.54, 1.807) is 0 Å². The summed E-state index contributed by atoms with van der Waals surface area (Å²) in [4.78, 5) is 14.2. The lowest BCUT2D eigenvalue weighted by Gasteiger charge is -2.14. The molecule has 1 amide bonds. The van der Waals surface area contributed by atoms with Crippen molar-refractivity contribution in [3.05, 3.63) is 29.8 Å². The molecule has 0 bridgehead atoms. The molecule has 2 N–H and O–H groups in total. The predicted octanol–water partition coefficient (Wildman–Crippen LogP) is 1.83. The largest absolute Gasteiger partial charge is 0.326 e. The first-order valence-corrected chi connectivity index (χ1v) is 7.03. The topological polar surface area (TPSA) is 44.4 Å². The molecular weight excluding hydrogens is 238 g/mol. The summed E-state index contributed by atoms with van der Waals surface area (Å²) in [6.07, 6.45) is 3.12. The van der Waals surface area contributed by atoms with Crippen LogP contribution in [-0.2, 0) is 11.3 Å². The summed E-state index contributed by atoms with van der Waals surface area (Å²) in [5, 5.41) is 6.08. The van der Waals surface area contributed by atoms with Gasteiger partial charge in [-0.05, 0) is 50.7 Å². The van der Waals surface area contributed by atoms with Gasteiger partial charge in [-0.2, -0.15) is 0 Å². The van der Waals surface area contributed by atoms with Crippen LogP contribution in [0.5, 0.6) is 0 Å². The Hall–Kier alpha value is -1.39. The van der Waals surface area contributed by atoms with Crippen molar-refractivity contribution in [2.45, 2.75) is 25.8 Å². The second-order valence-corrected chi connectivity index (χ2v) is 5.08. The van der Waals surface area contributed by atoms with E-state index >= 15 is 0 Å². The molecule has 1 heterocycles. The van der Waals surface area contributed by atoms with E-state index in [0.29, 0.717) is 6.42 Å². The van der Waals surface area contributed by atoms with Gasteiger partial charge in [-0.15, -0.1) is 0 Å². The van der Waals surface area contributed by atoms with Crippen molar-refractivity contribution in [2.75, 3.05) is 32.0 Å². The molecule has 0 aromatic heterocycles. The zero-order valence-corrected chi connectivity index (χ0v) is 11.6. The number of nitrogens with one attached hydrogen (secondary N) is 2. The van der Waals surface area contributed by atoms with Gasteiger partial charge in [0.1, 0.15) is 0 Å². The fourth-order valence-corrected chi connectivity index (χ4v) is 2.45. The molecule has 2 rings (SSSR count). The molecule has 4 heteroatoms. The minimum absolute atomic E-state index is 0.105. The van der Waals surface area contributed by atoms with Gasteiger partial charge in [0.25, 0.3) is 0 Å². The maximum absolute atomic E-state index is 11.9. The average molecular weight is 261 g/mol. The van der Waals surface area contributed by atoms with Gasteiger partial charge < -0.3 is 15.5 Å². The van der Waals surface area contributed by atoms with E-state index in [2.05, 4.69) is 21.6 Å². The molecule has 1 aliphatic rings. The first-order chi connectivity index (χ1) is 9.28. The Bertz CT molecular complexity index is 414. The summed E-state index contributed by atoms with van der Waals surface area (Å²) in [5.74, 6) is 0.105. The Morgan fingerprint density at radius 2 is 2.11 bits per heavy atom. The zero-order valence-electron chi connectivity index (χ0n) is 11.6. The normalized spacial score (nSPS) is 15.6. The number of hydrogen-bond donors (Lipinski definition) is 2. The van der Waals surface area contributed by atoms with Crippen LogP contribution in [0.4, 0.5) is 5.69 Å². The minimum Gasteiger partial charge on any atom is -0.326 e. The molecule has 0 saturated carbocycles. The van der Waals surface area contributed by atoms with Crippen LogP contribution in [0.15, 0.2) is 24.3 Å². The number of benzene rings is 1. The van der Waals surface area contributed by atoms with Crippen molar-refractivity contribution < 1.29 is 4.79 Å². The number of rotatable bonds is 6. The average Bonchev–Trinajstić information content (AvgIpc) is 2.90. The lowest BCUT2D eigenvalue weighted by molar-refractivity contribution is -0.116. The Morgan fingerprint density at radius 3 is 2.84 bits per heavy atom. The van der Waals surface area contributed by atoms with Gasteiger partial charge in [0.2, 0.25) is 5.91 Å². The monoisotopic (exact) mass is 261 g/mol. The molecule has 0 unspecified atom stereocenters. The van der Waals surface area contributed by atoms with Gasteiger partial charge in [0, 0.05) is 25.2 Å². The summed E-state index contributed by atoms with van der Waals surface area (Å²) in [5.41, 5.74) is 2.07. The summed E-state index contributed by atoms with van der Waals surface area (Å²) in [7, 11) is 1.92. The minimum atomic E-state index is 0.105. The highest BCUT2D eigenvalue weighted by molar-refractivity contribution is 5.90. The Morgan fingerprint density at radius 1 is 1.32 bits per heavy atom. The highest BCUT2D eigenvalue weighted by atomic mass is 16.1. The molecule has 19 heavy (non-hydrogen) atoms. The second kappa shape index (κ2) is 7.26. The van der Waals surface area contributed by atoms with E-state index in [9.17, 15) is 4.79 Å². The molecular formula is C15H23N3O. The second-order valence-electron chi connectivity index (χ2n) is 5.08. The van der Waals surface area contributed by atoms with Gasteiger partial charge in [0.15, 0.2) is 0 Å². The lowest BCUT2D eigenvalue weighted by Crippen LogP contribution is -2.25.